The van der Waals surface area contributed by atoms with Crippen LogP contribution >= 0.6 is 0 Å². The Morgan fingerprint density at radius 3 is 2.82 bits per heavy atom. The molecule has 1 aliphatic rings. The van der Waals surface area contributed by atoms with Crippen molar-refractivity contribution in [1.82, 2.24) is 4.90 Å². The molecule has 0 aromatic rings. The van der Waals surface area contributed by atoms with Gasteiger partial charge in [0.05, 0.1) is 6.04 Å². The lowest BCUT2D eigenvalue weighted by atomic mass is 10.2. The molecule has 0 bridgehead atoms. The third-order valence-corrected chi connectivity index (χ3v) is 1.94. The maximum absolute atomic E-state index is 10.5. The van der Waals surface area contributed by atoms with Crippen LogP contribution in [0, 0.1) is 11.8 Å². The van der Waals surface area contributed by atoms with Crippen LogP contribution in [0.5, 0.6) is 0 Å². The standard InChI is InChI=1S/C9H13NO/c1-8(11)5-6-9-4-3-7-10(9)2/h9H,3-4,7H2,1-2H3. The molecule has 0 saturated carbocycles. The second-order valence-electron chi connectivity index (χ2n) is 2.96. The van der Waals surface area contributed by atoms with Gasteiger partial charge in [-0.25, -0.2) is 0 Å². The predicted molar refractivity (Wildman–Crippen MR) is 44.1 cm³/mol. The minimum Gasteiger partial charge on any atom is -0.293 e. The van der Waals surface area contributed by atoms with Gasteiger partial charge in [0.1, 0.15) is 0 Å². The van der Waals surface area contributed by atoms with Crippen LogP contribution in [0.15, 0.2) is 0 Å². The molecule has 1 rings (SSSR count). The lowest BCUT2D eigenvalue weighted by molar-refractivity contribution is -0.111. The van der Waals surface area contributed by atoms with Gasteiger partial charge >= 0.3 is 0 Å². The Hall–Kier alpha value is -0.810. The molecular formula is C9H13NO. The van der Waals surface area contributed by atoms with Crippen molar-refractivity contribution in [2.45, 2.75) is 25.8 Å². The summed E-state index contributed by atoms with van der Waals surface area (Å²) in [7, 11) is 2.05. The van der Waals surface area contributed by atoms with E-state index in [0.717, 1.165) is 13.0 Å². The maximum Gasteiger partial charge on any atom is 0.202 e. The van der Waals surface area contributed by atoms with E-state index in [2.05, 4.69) is 16.7 Å². The first-order chi connectivity index (χ1) is 5.20. The number of carbonyl (C=O) groups excluding carboxylic acids is 1. The lowest BCUT2D eigenvalue weighted by Gasteiger charge is -2.11. The van der Waals surface area contributed by atoms with Gasteiger partial charge in [0.2, 0.25) is 5.78 Å². The molecule has 1 saturated heterocycles. The third-order valence-electron chi connectivity index (χ3n) is 1.94. The van der Waals surface area contributed by atoms with Gasteiger partial charge in [0.25, 0.3) is 0 Å². The average molecular weight is 151 g/mol. The van der Waals surface area contributed by atoms with Crippen LogP contribution in [0.4, 0.5) is 0 Å². The third kappa shape index (κ3) is 2.36. The smallest absolute Gasteiger partial charge is 0.202 e. The van der Waals surface area contributed by atoms with Crippen molar-refractivity contribution < 1.29 is 4.79 Å². The summed E-state index contributed by atoms with van der Waals surface area (Å²) in [6.45, 7) is 2.61. The van der Waals surface area contributed by atoms with Crippen LogP contribution in [0.2, 0.25) is 0 Å². The van der Waals surface area contributed by atoms with Crippen molar-refractivity contribution >= 4 is 5.78 Å². The highest BCUT2D eigenvalue weighted by molar-refractivity contribution is 5.93. The van der Waals surface area contributed by atoms with Crippen molar-refractivity contribution in [1.29, 1.82) is 0 Å². The van der Waals surface area contributed by atoms with E-state index < -0.39 is 0 Å². The monoisotopic (exact) mass is 151 g/mol. The molecule has 1 fully saturated rings. The summed E-state index contributed by atoms with van der Waals surface area (Å²) in [5, 5.41) is 0. The molecule has 1 unspecified atom stereocenters. The Kier molecular flexibility index (Phi) is 2.67. The van der Waals surface area contributed by atoms with Gasteiger partial charge in [0.15, 0.2) is 0 Å². The SMILES string of the molecule is CC(=O)C#CC1CCCN1C. The summed E-state index contributed by atoms with van der Waals surface area (Å²) < 4.78 is 0. The molecule has 1 heterocycles. The van der Waals surface area contributed by atoms with E-state index in [1.165, 1.54) is 13.3 Å². The highest BCUT2D eigenvalue weighted by Gasteiger charge is 2.17. The molecule has 0 aromatic carbocycles. The molecule has 1 aliphatic heterocycles. The number of ketones is 1. The first-order valence-corrected chi connectivity index (χ1v) is 3.92. The molecule has 0 aliphatic carbocycles. The van der Waals surface area contributed by atoms with Crippen LogP contribution in [0.1, 0.15) is 19.8 Å². The predicted octanol–water partition coefficient (Wildman–Crippen LogP) is 0.673. The van der Waals surface area contributed by atoms with Gasteiger partial charge < -0.3 is 0 Å². The van der Waals surface area contributed by atoms with Gasteiger partial charge in [-0.15, -0.1) is 0 Å². The van der Waals surface area contributed by atoms with Crippen molar-refractivity contribution in [2.24, 2.45) is 0 Å². The molecule has 2 nitrogen and oxygen atoms in total. The first kappa shape index (κ1) is 8.29. The second kappa shape index (κ2) is 3.54. The first-order valence-electron chi connectivity index (χ1n) is 3.92. The quantitative estimate of drug-likeness (QED) is 0.374. The highest BCUT2D eigenvalue weighted by atomic mass is 16.1. The summed E-state index contributed by atoms with van der Waals surface area (Å²) in [5.74, 6) is 5.51. The van der Waals surface area contributed by atoms with Crippen molar-refractivity contribution in [3.05, 3.63) is 0 Å². The van der Waals surface area contributed by atoms with E-state index in [0.29, 0.717) is 6.04 Å². The van der Waals surface area contributed by atoms with Crippen LogP contribution < -0.4 is 0 Å². The van der Waals surface area contributed by atoms with Crippen LogP contribution in [-0.4, -0.2) is 30.3 Å². The second-order valence-corrected chi connectivity index (χ2v) is 2.96. The molecular weight excluding hydrogens is 138 g/mol. The number of Topliss-reactive ketones (excluding diaryl/α,β-unsaturated/α-hetero) is 1. The zero-order chi connectivity index (χ0) is 8.27. The Labute approximate surface area is 67.6 Å². The van der Waals surface area contributed by atoms with Crippen LogP contribution in [0.25, 0.3) is 0 Å². The zero-order valence-electron chi connectivity index (χ0n) is 7.05. The van der Waals surface area contributed by atoms with Crippen molar-refractivity contribution in [3.8, 4) is 11.8 Å². The number of nitrogens with zero attached hydrogens (tertiary/aromatic N) is 1. The van der Waals surface area contributed by atoms with Gasteiger partial charge in [0, 0.05) is 6.92 Å². The summed E-state index contributed by atoms with van der Waals surface area (Å²) in [6.07, 6.45) is 2.31. The van der Waals surface area contributed by atoms with E-state index in [1.807, 2.05) is 7.05 Å². The Bertz CT molecular complexity index is 211. The van der Waals surface area contributed by atoms with Crippen LogP contribution in [-0.2, 0) is 4.79 Å². The summed E-state index contributed by atoms with van der Waals surface area (Å²) in [6, 6.07) is 0.318. The number of hydrogen-bond donors (Lipinski definition) is 0. The highest BCUT2D eigenvalue weighted by Crippen LogP contribution is 2.12. The summed E-state index contributed by atoms with van der Waals surface area (Å²) in [4.78, 5) is 12.7. The molecule has 0 N–H and O–H groups in total. The Morgan fingerprint density at radius 1 is 1.64 bits per heavy atom. The molecule has 0 aromatic heterocycles. The number of carbonyl (C=O) groups is 1. The Morgan fingerprint density at radius 2 is 2.36 bits per heavy atom. The molecule has 60 valence electrons. The largest absolute Gasteiger partial charge is 0.293 e. The fraction of sp³-hybridized carbons (Fsp3) is 0.667. The minimum absolute atomic E-state index is 0.0368. The molecule has 0 radical (unpaired) electrons. The molecule has 11 heavy (non-hydrogen) atoms. The topological polar surface area (TPSA) is 20.3 Å². The fourth-order valence-electron chi connectivity index (χ4n) is 1.28. The fourth-order valence-corrected chi connectivity index (χ4v) is 1.28. The summed E-state index contributed by atoms with van der Waals surface area (Å²) in [5.41, 5.74) is 0. The van der Waals surface area contributed by atoms with Gasteiger partial charge in [-0.05, 0) is 32.4 Å². The van der Waals surface area contributed by atoms with Crippen molar-refractivity contribution in [2.75, 3.05) is 13.6 Å². The van der Waals surface area contributed by atoms with E-state index in [9.17, 15) is 4.79 Å². The molecule has 2 heteroatoms. The Balaban J connectivity index is 2.50. The van der Waals surface area contributed by atoms with E-state index in [4.69, 9.17) is 0 Å². The molecule has 1 atom stereocenters. The normalized spacial score (nSPS) is 24.4. The average Bonchev–Trinajstić information content (AvgIpc) is 2.31. The van der Waals surface area contributed by atoms with E-state index >= 15 is 0 Å². The van der Waals surface area contributed by atoms with Crippen LogP contribution in [0.3, 0.4) is 0 Å². The number of likely N-dealkylation sites (tertiary alicyclic amines) is 1. The number of hydrogen-bond acceptors (Lipinski definition) is 2. The van der Waals surface area contributed by atoms with Gasteiger partial charge in [-0.3, -0.25) is 9.69 Å². The van der Waals surface area contributed by atoms with Crippen molar-refractivity contribution in [3.63, 3.8) is 0 Å². The minimum atomic E-state index is -0.0368. The van der Waals surface area contributed by atoms with E-state index in [-0.39, 0.29) is 5.78 Å². The summed E-state index contributed by atoms with van der Waals surface area (Å²) >= 11 is 0. The van der Waals surface area contributed by atoms with Gasteiger partial charge in [-0.2, -0.15) is 0 Å². The lowest BCUT2D eigenvalue weighted by Crippen LogP contribution is -2.23. The maximum atomic E-state index is 10.5. The molecule has 0 spiro atoms. The number of rotatable bonds is 0. The zero-order valence-corrected chi connectivity index (χ0v) is 7.05. The van der Waals surface area contributed by atoms with Gasteiger partial charge in [-0.1, -0.05) is 5.92 Å². The molecule has 0 amide bonds. The van der Waals surface area contributed by atoms with E-state index in [1.54, 1.807) is 0 Å².